The zero-order chi connectivity index (χ0) is 15.8. The van der Waals surface area contributed by atoms with Gasteiger partial charge in [-0.15, -0.1) is 11.3 Å². The van der Waals surface area contributed by atoms with E-state index in [2.05, 4.69) is 33.0 Å². The molecule has 1 amide bonds. The number of thiophene rings is 1. The molecule has 2 aromatic rings. The Morgan fingerprint density at radius 3 is 2.71 bits per heavy atom. The van der Waals surface area contributed by atoms with E-state index in [-0.39, 0.29) is 11.3 Å². The van der Waals surface area contributed by atoms with Gasteiger partial charge in [0, 0.05) is 21.7 Å². The molecule has 5 heteroatoms. The fourth-order valence-corrected chi connectivity index (χ4v) is 3.17. The second-order valence-electron chi connectivity index (χ2n) is 6.31. The third kappa shape index (κ3) is 3.33. The van der Waals surface area contributed by atoms with Crippen LogP contribution >= 0.6 is 22.9 Å². The molecule has 2 rings (SSSR count). The number of nitrogen functional groups attached to an aromatic ring is 1. The van der Waals surface area contributed by atoms with E-state index in [1.807, 2.05) is 12.1 Å². The summed E-state index contributed by atoms with van der Waals surface area (Å²) < 4.78 is 0.938. The van der Waals surface area contributed by atoms with Crippen LogP contribution in [-0.2, 0) is 0 Å². The molecule has 0 fully saturated rings. The number of amides is 1. The number of fused-ring (bicyclic) bond motifs is 1. The van der Waals surface area contributed by atoms with Crippen LogP contribution in [0.15, 0.2) is 18.2 Å². The first-order valence-corrected chi connectivity index (χ1v) is 8.17. The van der Waals surface area contributed by atoms with Crippen molar-refractivity contribution in [2.75, 3.05) is 12.3 Å². The fraction of sp³-hybridized carbons (Fsp3) is 0.438. The molecule has 0 spiro atoms. The van der Waals surface area contributed by atoms with Gasteiger partial charge >= 0.3 is 0 Å². The Morgan fingerprint density at radius 1 is 1.43 bits per heavy atom. The Hall–Kier alpha value is -1.26. The summed E-state index contributed by atoms with van der Waals surface area (Å²) in [7, 11) is 0. The van der Waals surface area contributed by atoms with Gasteiger partial charge in [-0.2, -0.15) is 0 Å². The topological polar surface area (TPSA) is 55.1 Å². The number of carbonyl (C=O) groups excluding carboxylic acids is 1. The summed E-state index contributed by atoms with van der Waals surface area (Å²) in [5.74, 6) is 0.370. The van der Waals surface area contributed by atoms with Crippen LogP contribution in [0.5, 0.6) is 0 Å². The predicted octanol–water partition coefficient (Wildman–Crippen LogP) is 4.55. The van der Waals surface area contributed by atoms with Crippen LogP contribution in [0.3, 0.4) is 0 Å². The van der Waals surface area contributed by atoms with Gasteiger partial charge in [0.2, 0.25) is 0 Å². The Kier molecular flexibility index (Phi) is 4.49. The lowest BCUT2D eigenvalue weighted by molar-refractivity contribution is 0.0930. The van der Waals surface area contributed by atoms with E-state index in [9.17, 15) is 4.79 Å². The maximum Gasteiger partial charge on any atom is 0.263 e. The van der Waals surface area contributed by atoms with Crippen LogP contribution in [0.25, 0.3) is 10.1 Å². The van der Waals surface area contributed by atoms with Crippen LogP contribution < -0.4 is 11.1 Å². The largest absolute Gasteiger partial charge is 0.397 e. The summed E-state index contributed by atoms with van der Waals surface area (Å²) in [6, 6.07) is 5.49. The SMILES string of the molecule is CC(C)C(C)(C)CNC(=O)c1sc2cc(Cl)ccc2c1N. The molecule has 0 atom stereocenters. The first-order valence-electron chi connectivity index (χ1n) is 6.98. The van der Waals surface area contributed by atoms with Crippen molar-refractivity contribution >= 4 is 44.6 Å². The minimum absolute atomic E-state index is 0.0460. The van der Waals surface area contributed by atoms with Crippen molar-refractivity contribution in [3.05, 3.63) is 28.1 Å². The van der Waals surface area contributed by atoms with Crippen molar-refractivity contribution in [1.29, 1.82) is 0 Å². The molecule has 1 aromatic carbocycles. The number of nitrogens with one attached hydrogen (secondary N) is 1. The van der Waals surface area contributed by atoms with Gasteiger partial charge in [0.15, 0.2) is 0 Å². The first-order chi connectivity index (χ1) is 9.72. The highest BCUT2D eigenvalue weighted by Gasteiger charge is 2.24. The van der Waals surface area contributed by atoms with Gasteiger partial charge < -0.3 is 11.1 Å². The minimum Gasteiger partial charge on any atom is -0.397 e. The molecule has 0 saturated carbocycles. The highest BCUT2D eigenvalue weighted by Crippen LogP contribution is 2.35. The lowest BCUT2D eigenvalue weighted by Crippen LogP contribution is -2.36. The van der Waals surface area contributed by atoms with Gasteiger partial charge in [-0.05, 0) is 29.5 Å². The minimum atomic E-state index is -0.112. The van der Waals surface area contributed by atoms with Crippen LogP contribution in [0, 0.1) is 11.3 Å². The number of benzene rings is 1. The number of halogens is 1. The van der Waals surface area contributed by atoms with Crippen molar-refractivity contribution in [3.63, 3.8) is 0 Å². The Labute approximate surface area is 134 Å². The summed E-state index contributed by atoms with van der Waals surface area (Å²) in [5, 5.41) is 4.53. The molecule has 3 nitrogen and oxygen atoms in total. The molecule has 3 N–H and O–H groups in total. The molecule has 21 heavy (non-hydrogen) atoms. The molecule has 0 aliphatic rings. The standard InChI is InChI=1S/C16H21ClN2OS/c1-9(2)16(3,4)8-19-15(20)14-13(18)11-6-5-10(17)7-12(11)21-14/h5-7,9H,8,18H2,1-4H3,(H,19,20). The van der Waals surface area contributed by atoms with Crippen molar-refractivity contribution in [2.24, 2.45) is 11.3 Å². The lowest BCUT2D eigenvalue weighted by atomic mass is 9.81. The average Bonchev–Trinajstić information content (AvgIpc) is 2.72. The summed E-state index contributed by atoms with van der Waals surface area (Å²) in [6.07, 6.45) is 0. The van der Waals surface area contributed by atoms with Crippen LogP contribution in [-0.4, -0.2) is 12.5 Å². The molecule has 114 valence electrons. The third-order valence-corrected chi connectivity index (χ3v) is 5.57. The summed E-state index contributed by atoms with van der Waals surface area (Å²) in [6.45, 7) is 9.22. The second kappa shape index (κ2) is 5.85. The van der Waals surface area contributed by atoms with Crippen molar-refractivity contribution in [1.82, 2.24) is 5.32 Å². The first kappa shape index (κ1) is 16.1. The van der Waals surface area contributed by atoms with E-state index in [1.54, 1.807) is 6.07 Å². The van der Waals surface area contributed by atoms with Crippen LogP contribution in [0.2, 0.25) is 5.02 Å². The molecule has 1 aromatic heterocycles. The lowest BCUT2D eigenvalue weighted by Gasteiger charge is -2.29. The quantitative estimate of drug-likeness (QED) is 0.866. The second-order valence-corrected chi connectivity index (χ2v) is 7.80. The highest BCUT2D eigenvalue weighted by molar-refractivity contribution is 7.21. The van der Waals surface area contributed by atoms with Gasteiger partial charge in [0.05, 0.1) is 5.69 Å². The summed E-state index contributed by atoms with van der Waals surface area (Å²) in [5.41, 5.74) is 6.68. The van der Waals surface area contributed by atoms with E-state index in [0.717, 1.165) is 10.1 Å². The average molecular weight is 325 g/mol. The van der Waals surface area contributed by atoms with Crippen LogP contribution in [0.1, 0.15) is 37.4 Å². The van der Waals surface area contributed by atoms with Crippen molar-refractivity contribution in [2.45, 2.75) is 27.7 Å². The number of nitrogens with two attached hydrogens (primary N) is 1. The molecule has 0 bridgehead atoms. The highest BCUT2D eigenvalue weighted by atomic mass is 35.5. The Balaban J connectivity index is 2.22. The summed E-state index contributed by atoms with van der Waals surface area (Å²) in [4.78, 5) is 12.9. The molecular weight excluding hydrogens is 304 g/mol. The Bertz CT molecular complexity index is 676. The number of hydrogen-bond acceptors (Lipinski definition) is 3. The van der Waals surface area contributed by atoms with E-state index < -0.39 is 0 Å². The number of anilines is 1. The van der Waals surface area contributed by atoms with Gasteiger partial charge in [-0.3, -0.25) is 4.79 Å². The number of rotatable bonds is 4. The van der Waals surface area contributed by atoms with E-state index in [1.165, 1.54) is 11.3 Å². The summed E-state index contributed by atoms with van der Waals surface area (Å²) >= 11 is 7.36. The number of hydrogen-bond donors (Lipinski definition) is 2. The third-order valence-electron chi connectivity index (χ3n) is 4.16. The van der Waals surface area contributed by atoms with Crippen molar-refractivity contribution in [3.8, 4) is 0 Å². The van der Waals surface area contributed by atoms with Gasteiger partial charge in [0.25, 0.3) is 5.91 Å². The van der Waals surface area contributed by atoms with E-state index >= 15 is 0 Å². The van der Waals surface area contributed by atoms with E-state index in [0.29, 0.717) is 28.0 Å². The molecule has 0 radical (unpaired) electrons. The smallest absolute Gasteiger partial charge is 0.263 e. The van der Waals surface area contributed by atoms with Crippen LogP contribution in [0.4, 0.5) is 5.69 Å². The molecule has 0 aliphatic carbocycles. The molecule has 1 heterocycles. The van der Waals surface area contributed by atoms with Crippen molar-refractivity contribution < 1.29 is 4.79 Å². The maximum absolute atomic E-state index is 12.4. The zero-order valence-electron chi connectivity index (χ0n) is 12.8. The number of carbonyl (C=O) groups is 1. The van der Waals surface area contributed by atoms with Gasteiger partial charge in [-0.25, -0.2) is 0 Å². The monoisotopic (exact) mass is 324 g/mol. The van der Waals surface area contributed by atoms with Gasteiger partial charge in [0.1, 0.15) is 4.88 Å². The molecular formula is C16H21ClN2OS. The Morgan fingerprint density at radius 2 is 2.10 bits per heavy atom. The molecule has 0 aliphatic heterocycles. The molecule has 0 saturated heterocycles. The zero-order valence-corrected chi connectivity index (χ0v) is 14.4. The maximum atomic E-state index is 12.4. The van der Waals surface area contributed by atoms with Gasteiger partial charge in [-0.1, -0.05) is 39.3 Å². The van der Waals surface area contributed by atoms with E-state index in [4.69, 9.17) is 17.3 Å². The fourth-order valence-electron chi connectivity index (χ4n) is 1.85. The molecule has 0 unspecified atom stereocenters. The normalized spacial score (nSPS) is 12.1. The predicted molar refractivity (Wildman–Crippen MR) is 92.2 cm³/mol.